The molecule has 5 nitrogen and oxygen atoms in total. The molecule has 6 heteroatoms. The lowest BCUT2D eigenvalue weighted by Crippen LogP contribution is -2.11. The minimum Gasteiger partial charge on any atom is -0.494 e. The number of ether oxygens (including phenoxy) is 1. The third-order valence-corrected chi connectivity index (χ3v) is 3.06. The average molecular weight is 277 g/mol. The fourth-order valence-electron chi connectivity index (χ4n) is 1.44. The number of hydrogen-bond donors (Lipinski definition) is 1. The number of carbonyl (C=O) groups is 1. The number of benzene rings is 1. The van der Waals surface area contributed by atoms with Gasteiger partial charge in [0.15, 0.2) is 0 Å². The van der Waals surface area contributed by atoms with Crippen LogP contribution in [0.15, 0.2) is 24.3 Å². The number of hydrogen-bond acceptors (Lipinski definition) is 5. The summed E-state index contributed by atoms with van der Waals surface area (Å²) in [4.78, 5) is 16.0. The van der Waals surface area contributed by atoms with Crippen LogP contribution in [0.3, 0.4) is 0 Å². The number of nitrogens with one attached hydrogen (secondary N) is 1. The molecular formula is C13H15N3O2S. The van der Waals surface area contributed by atoms with Gasteiger partial charge in [-0.25, -0.2) is 4.98 Å². The van der Waals surface area contributed by atoms with Crippen LogP contribution < -0.4 is 10.1 Å². The summed E-state index contributed by atoms with van der Waals surface area (Å²) in [5, 5.41) is 3.21. The summed E-state index contributed by atoms with van der Waals surface area (Å²) in [7, 11) is 0. The molecule has 0 bridgehead atoms. The van der Waals surface area contributed by atoms with Gasteiger partial charge in [0.2, 0.25) is 5.13 Å². The molecule has 1 N–H and O–H groups in total. The summed E-state index contributed by atoms with van der Waals surface area (Å²) in [5.41, 5.74) is 0.566. The number of aryl methyl sites for hydroxylation is 1. The molecule has 0 aliphatic carbocycles. The molecule has 19 heavy (non-hydrogen) atoms. The molecule has 1 amide bonds. The Balaban J connectivity index is 1.99. The number of amides is 1. The van der Waals surface area contributed by atoms with Crippen LogP contribution in [-0.2, 0) is 0 Å². The van der Waals surface area contributed by atoms with Crippen molar-refractivity contribution in [2.24, 2.45) is 0 Å². The predicted molar refractivity (Wildman–Crippen MR) is 74.8 cm³/mol. The highest BCUT2D eigenvalue weighted by molar-refractivity contribution is 7.09. The Hall–Kier alpha value is -1.95. The van der Waals surface area contributed by atoms with Crippen LogP contribution in [-0.4, -0.2) is 21.9 Å². The molecule has 0 spiro atoms. The van der Waals surface area contributed by atoms with Crippen molar-refractivity contribution in [3.8, 4) is 5.75 Å². The molecule has 1 aromatic carbocycles. The van der Waals surface area contributed by atoms with Gasteiger partial charge in [-0.15, -0.1) is 0 Å². The molecule has 2 rings (SSSR count). The largest absolute Gasteiger partial charge is 0.494 e. The van der Waals surface area contributed by atoms with E-state index in [9.17, 15) is 4.79 Å². The summed E-state index contributed by atoms with van der Waals surface area (Å²) in [6.45, 7) is 4.51. The van der Waals surface area contributed by atoms with E-state index in [0.717, 1.165) is 12.2 Å². The van der Waals surface area contributed by atoms with Crippen LogP contribution in [0.5, 0.6) is 5.75 Å². The van der Waals surface area contributed by atoms with Gasteiger partial charge in [0, 0.05) is 17.1 Å². The SMILES string of the molecule is CCCOc1ccc(C(=O)Nc2nc(C)ns2)cc1. The van der Waals surface area contributed by atoms with Gasteiger partial charge < -0.3 is 4.74 Å². The smallest absolute Gasteiger partial charge is 0.257 e. The highest BCUT2D eigenvalue weighted by atomic mass is 32.1. The fraction of sp³-hybridized carbons (Fsp3) is 0.308. The van der Waals surface area contributed by atoms with Gasteiger partial charge in [-0.3, -0.25) is 10.1 Å². The van der Waals surface area contributed by atoms with Crippen molar-refractivity contribution in [1.29, 1.82) is 0 Å². The van der Waals surface area contributed by atoms with Gasteiger partial charge in [0.05, 0.1) is 6.61 Å². The summed E-state index contributed by atoms with van der Waals surface area (Å²) in [5.74, 6) is 1.23. The molecule has 0 atom stereocenters. The topological polar surface area (TPSA) is 64.1 Å². The van der Waals surface area contributed by atoms with E-state index in [-0.39, 0.29) is 5.91 Å². The first-order chi connectivity index (χ1) is 9.19. The molecule has 0 fully saturated rings. The van der Waals surface area contributed by atoms with Crippen molar-refractivity contribution in [3.63, 3.8) is 0 Å². The standard InChI is InChI=1S/C13H15N3O2S/c1-3-8-18-11-6-4-10(5-7-11)12(17)15-13-14-9(2)16-19-13/h4-7H,3,8H2,1-2H3,(H,14,15,16,17). The monoisotopic (exact) mass is 277 g/mol. The molecule has 0 radical (unpaired) electrons. The van der Waals surface area contributed by atoms with Crippen molar-refractivity contribution >= 4 is 22.6 Å². The maximum Gasteiger partial charge on any atom is 0.257 e. The third-order valence-electron chi connectivity index (χ3n) is 2.34. The summed E-state index contributed by atoms with van der Waals surface area (Å²) < 4.78 is 9.47. The first kappa shape index (κ1) is 13.5. The van der Waals surface area contributed by atoms with Gasteiger partial charge in [-0.1, -0.05) is 6.92 Å². The maximum absolute atomic E-state index is 11.9. The van der Waals surface area contributed by atoms with E-state index in [2.05, 4.69) is 14.7 Å². The minimum atomic E-state index is -0.196. The minimum absolute atomic E-state index is 0.196. The van der Waals surface area contributed by atoms with E-state index >= 15 is 0 Å². The Morgan fingerprint density at radius 2 is 2.11 bits per heavy atom. The maximum atomic E-state index is 11.9. The van der Waals surface area contributed by atoms with Gasteiger partial charge in [-0.05, 0) is 37.6 Å². The summed E-state index contributed by atoms with van der Waals surface area (Å²) >= 11 is 1.17. The van der Waals surface area contributed by atoms with Gasteiger partial charge in [0.1, 0.15) is 11.6 Å². The van der Waals surface area contributed by atoms with E-state index in [1.165, 1.54) is 11.5 Å². The second-order valence-corrected chi connectivity index (χ2v) is 4.73. The lowest BCUT2D eigenvalue weighted by Gasteiger charge is -2.05. The Kier molecular flexibility index (Phi) is 4.46. The van der Waals surface area contributed by atoms with Gasteiger partial charge >= 0.3 is 0 Å². The average Bonchev–Trinajstić information content (AvgIpc) is 2.82. The van der Waals surface area contributed by atoms with E-state index < -0.39 is 0 Å². The lowest BCUT2D eigenvalue weighted by atomic mass is 10.2. The van der Waals surface area contributed by atoms with Crippen LogP contribution in [0.1, 0.15) is 29.5 Å². The molecule has 1 heterocycles. The fourth-order valence-corrected chi connectivity index (χ4v) is 2.01. The Labute approximate surface area is 115 Å². The van der Waals surface area contributed by atoms with Gasteiger partial charge in [-0.2, -0.15) is 4.37 Å². The van der Waals surface area contributed by atoms with Crippen molar-refractivity contribution < 1.29 is 9.53 Å². The lowest BCUT2D eigenvalue weighted by molar-refractivity contribution is 0.102. The van der Waals surface area contributed by atoms with Crippen LogP contribution in [0, 0.1) is 6.92 Å². The number of nitrogens with zero attached hydrogens (tertiary/aromatic N) is 2. The Morgan fingerprint density at radius 3 is 2.68 bits per heavy atom. The first-order valence-electron chi connectivity index (χ1n) is 6.03. The summed E-state index contributed by atoms with van der Waals surface area (Å²) in [6.07, 6.45) is 0.957. The molecular weight excluding hydrogens is 262 g/mol. The van der Waals surface area contributed by atoms with E-state index in [1.807, 2.05) is 6.92 Å². The Bertz CT molecular complexity index is 551. The van der Waals surface area contributed by atoms with Crippen molar-refractivity contribution in [2.75, 3.05) is 11.9 Å². The molecule has 0 aliphatic heterocycles. The van der Waals surface area contributed by atoms with Crippen LogP contribution in [0.4, 0.5) is 5.13 Å². The third kappa shape index (κ3) is 3.75. The van der Waals surface area contributed by atoms with E-state index in [0.29, 0.717) is 23.1 Å². The quantitative estimate of drug-likeness (QED) is 0.912. The normalized spacial score (nSPS) is 10.2. The Morgan fingerprint density at radius 1 is 1.37 bits per heavy atom. The number of rotatable bonds is 5. The zero-order valence-corrected chi connectivity index (χ0v) is 11.7. The molecule has 0 saturated carbocycles. The van der Waals surface area contributed by atoms with E-state index in [4.69, 9.17) is 4.74 Å². The molecule has 1 aromatic heterocycles. The second-order valence-electron chi connectivity index (χ2n) is 3.97. The van der Waals surface area contributed by atoms with Crippen LogP contribution in [0.2, 0.25) is 0 Å². The zero-order chi connectivity index (χ0) is 13.7. The van der Waals surface area contributed by atoms with Crippen molar-refractivity contribution in [1.82, 2.24) is 9.36 Å². The zero-order valence-electron chi connectivity index (χ0n) is 10.8. The highest BCUT2D eigenvalue weighted by Crippen LogP contribution is 2.15. The number of carbonyl (C=O) groups excluding carboxylic acids is 1. The predicted octanol–water partition coefficient (Wildman–Crippen LogP) is 2.89. The molecule has 0 aliphatic rings. The van der Waals surface area contributed by atoms with Crippen LogP contribution in [0.25, 0.3) is 0 Å². The number of aromatic nitrogens is 2. The molecule has 2 aromatic rings. The first-order valence-corrected chi connectivity index (χ1v) is 6.81. The molecule has 0 unspecified atom stereocenters. The molecule has 100 valence electrons. The summed E-state index contributed by atoms with van der Waals surface area (Å²) in [6, 6.07) is 7.04. The highest BCUT2D eigenvalue weighted by Gasteiger charge is 2.08. The number of anilines is 1. The van der Waals surface area contributed by atoms with Gasteiger partial charge in [0.25, 0.3) is 5.91 Å². The second kappa shape index (κ2) is 6.29. The van der Waals surface area contributed by atoms with Crippen molar-refractivity contribution in [3.05, 3.63) is 35.7 Å². The van der Waals surface area contributed by atoms with Crippen molar-refractivity contribution in [2.45, 2.75) is 20.3 Å². The van der Waals surface area contributed by atoms with E-state index in [1.54, 1.807) is 31.2 Å². The molecule has 0 saturated heterocycles. The van der Waals surface area contributed by atoms with Crippen LogP contribution >= 0.6 is 11.5 Å².